The SMILES string of the molecule is CC(C)C(CO)NC(CCO)OCCCN1CCN(C)CC1. The Hall–Kier alpha value is -0.240. The molecule has 3 N–H and O–H groups in total. The highest BCUT2D eigenvalue weighted by Crippen LogP contribution is 2.06. The second-order valence-electron chi connectivity index (χ2n) is 6.57. The molecule has 2 unspecified atom stereocenters. The Morgan fingerprint density at radius 1 is 1.14 bits per heavy atom. The number of rotatable bonds is 11. The van der Waals surface area contributed by atoms with Crippen LogP contribution in [0.5, 0.6) is 0 Å². The molecule has 1 heterocycles. The van der Waals surface area contributed by atoms with Gasteiger partial charge in [-0.05, 0) is 19.4 Å². The molecule has 6 heteroatoms. The zero-order valence-corrected chi connectivity index (χ0v) is 14.5. The first-order valence-corrected chi connectivity index (χ1v) is 8.57. The van der Waals surface area contributed by atoms with Gasteiger partial charge in [-0.1, -0.05) is 13.8 Å². The number of hydrogen-bond donors (Lipinski definition) is 3. The number of piperazine rings is 1. The van der Waals surface area contributed by atoms with Gasteiger partial charge in [0, 0.05) is 58.4 Å². The van der Waals surface area contributed by atoms with Crippen molar-refractivity contribution in [2.24, 2.45) is 5.92 Å². The van der Waals surface area contributed by atoms with Crippen molar-refractivity contribution in [3.05, 3.63) is 0 Å². The van der Waals surface area contributed by atoms with Crippen molar-refractivity contribution in [2.75, 3.05) is 59.6 Å². The molecule has 6 nitrogen and oxygen atoms in total. The van der Waals surface area contributed by atoms with E-state index in [9.17, 15) is 5.11 Å². The van der Waals surface area contributed by atoms with E-state index in [-0.39, 0.29) is 25.5 Å². The summed E-state index contributed by atoms with van der Waals surface area (Å²) in [5.74, 6) is 0.333. The Labute approximate surface area is 135 Å². The van der Waals surface area contributed by atoms with Crippen molar-refractivity contribution in [3.8, 4) is 0 Å². The fourth-order valence-corrected chi connectivity index (χ4v) is 2.61. The first-order valence-electron chi connectivity index (χ1n) is 8.57. The van der Waals surface area contributed by atoms with Gasteiger partial charge in [-0.2, -0.15) is 0 Å². The third kappa shape index (κ3) is 7.85. The van der Waals surface area contributed by atoms with E-state index in [1.165, 1.54) is 0 Å². The number of likely N-dealkylation sites (N-methyl/N-ethyl adjacent to an activating group) is 1. The Bertz CT molecular complexity index is 271. The third-order valence-corrected chi connectivity index (χ3v) is 4.33. The Balaban J connectivity index is 2.20. The first kappa shape index (κ1) is 19.8. The van der Waals surface area contributed by atoms with E-state index < -0.39 is 0 Å². The van der Waals surface area contributed by atoms with Gasteiger partial charge in [0.15, 0.2) is 0 Å². The molecule has 0 aromatic heterocycles. The van der Waals surface area contributed by atoms with E-state index in [0.29, 0.717) is 18.9 Å². The number of hydrogen-bond acceptors (Lipinski definition) is 6. The summed E-state index contributed by atoms with van der Waals surface area (Å²) < 4.78 is 5.86. The first-order chi connectivity index (χ1) is 10.6. The lowest BCUT2D eigenvalue weighted by molar-refractivity contribution is -0.00848. The predicted octanol–water partition coefficient (Wildman–Crippen LogP) is -0.0445. The highest BCUT2D eigenvalue weighted by atomic mass is 16.5. The topological polar surface area (TPSA) is 68.2 Å². The van der Waals surface area contributed by atoms with Gasteiger partial charge in [-0.3, -0.25) is 5.32 Å². The zero-order valence-electron chi connectivity index (χ0n) is 14.5. The smallest absolute Gasteiger partial charge is 0.110 e. The van der Waals surface area contributed by atoms with E-state index >= 15 is 0 Å². The molecule has 0 aromatic carbocycles. The van der Waals surface area contributed by atoms with Crippen molar-refractivity contribution in [1.82, 2.24) is 15.1 Å². The fourth-order valence-electron chi connectivity index (χ4n) is 2.61. The molecule has 2 atom stereocenters. The van der Waals surface area contributed by atoms with Crippen LogP contribution in [-0.4, -0.2) is 91.9 Å². The van der Waals surface area contributed by atoms with E-state index in [1.54, 1.807) is 0 Å². The summed E-state index contributed by atoms with van der Waals surface area (Å²) in [6.45, 7) is 10.6. The molecule has 0 spiro atoms. The van der Waals surface area contributed by atoms with E-state index in [0.717, 1.165) is 39.1 Å². The maximum atomic E-state index is 9.39. The predicted molar refractivity (Wildman–Crippen MR) is 88.8 cm³/mol. The van der Waals surface area contributed by atoms with Gasteiger partial charge < -0.3 is 24.7 Å². The highest BCUT2D eigenvalue weighted by molar-refractivity contribution is 4.72. The van der Waals surface area contributed by atoms with E-state index in [4.69, 9.17) is 9.84 Å². The van der Waals surface area contributed by atoms with Crippen LogP contribution >= 0.6 is 0 Å². The molecule has 0 saturated carbocycles. The van der Waals surface area contributed by atoms with Crippen LogP contribution < -0.4 is 5.32 Å². The largest absolute Gasteiger partial charge is 0.396 e. The monoisotopic (exact) mass is 317 g/mol. The minimum atomic E-state index is -0.183. The standard InChI is InChI=1S/C16H35N3O3/c1-14(2)15(13-21)17-16(5-11-20)22-12-4-6-19-9-7-18(3)8-10-19/h14-17,20-21H,4-13H2,1-3H3. The lowest BCUT2D eigenvalue weighted by Crippen LogP contribution is -2.46. The Morgan fingerprint density at radius 2 is 1.82 bits per heavy atom. The minimum Gasteiger partial charge on any atom is -0.396 e. The number of nitrogens with zero attached hydrogens (tertiary/aromatic N) is 2. The van der Waals surface area contributed by atoms with Crippen LogP contribution in [0.3, 0.4) is 0 Å². The maximum absolute atomic E-state index is 9.39. The quantitative estimate of drug-likeness (QED) is 0.367. The minimum absolute atomic E-state index is 0.00850. The van der Waals surface area contributed by atoms with Crippen LogP contribution in [0.15, 0.2) is 0 Å². The fraction of sp³-hybridized carbons (Fsp3) is 1.00. The molecule has 0 amide bonds. The molecule has 22 heavy (non-hydrogen) atoms. The Morgan fingerprint density at radius 3 is 2.36 bits per heavy atom. The van der Waals surface area contributed by atoms with Gasteiger partial charge in [0.05, 0.1) is 6.61 Å². The summed E-state index contributed by atoms with van der Waals surface area (Å²) in [4.78, 5) is 4.83. The lowest BCUT2D eigenvalue weighted by atomic mass is 10.1. The van der Waals surface area contributed by atoms with Crippen LogP contribution in [0.1, 0.15) is 26.7 Å². The van der Waals surface area contributed by atoms with Crippen LogP contribution in [0.4, 0.5) is 0 Å². The van der Waals surface area contributed by atoms with Crippen molar-refractivity contribution >= 4 is 0 Å². The maximum Gasteiger partial charge on any atom is 0.110 e. The Kier molecular flexibility index (Phi) is 10.2. The zero-order chi connectivity index (χ0) is 16.4. The molecule has 0 aliphatic carbocycles. The summed E-state index contributed by atoms with van der Waals surface area (Å²) in [6.07, 6.45) is 1.37. The van der Waals surface area contributed by atoms with Crippen molar-refractivity contribution in [3.63, 3.8) is 0 Å². The number of aliphatic hydroxyl groups is 2. The summed E-state index contributed by atoms with van der Waals surface area (Å²) >= 11 is 0. The van der Waals surface area contributed by atoms with Crippen LogP contribution in [0.25, 0.3) is 0 Å². The molecule has 1 fully saturated rings. The van der Waals surface area contributed by atoms with Gasteiger partial charge in [-0.15, -0.1) is 0 Å². The number of nitrogens with one attached hydrogen (secondary N) is 1. The molecule has 1 aliphatic heterocycles. The molecule has 0 aromatic rings. The van der Waals surface area contributed by atoms with Gasteiger partial charge in [0.2, 0.25) is 0 Å². The molecule has 1 rings (SSSR count). The van der Waals surface area contributed by atoms with Gasteiger partial charge in [0.25, 0.3) is 0 Å². The summed E-state index contributed by atoms with van der Waals surface area (Å²) in [7, 11) is 2.16. The summed E-state index contributed by atoms with van der Waals surface area (Å²) in [6, 6.07) is 0.00850. The van der Waals surface area contributed by atoms with Crippen LogP contribution in [-0.2, 0) is 4.74 Å². The molecule has 1 aliphatic rings. The summed E-state index contributed by atoms with van der Waals surface area (Å²) in [5, 5.41) is 21.8. The normalized spacial score (nSPS) is 20.5. The average molecular weight is 317 g/mol. The van der Waals surface area contributed by atoms with Crippen molar-refractivity contribution < 1.29 is 14.9 Å². The number of aliphatic hydroxyl groups excluding tert-OH is 2. The molecule has 132 valence electrons. The molecular weight excluding hydrogens is 282 g/mol. The van der Waals surface area contributed by atoms with Crippen LogP contribution in [0.2, 0.25) is 0 Å². The second kappa shape index (κ2) is 11.3. The highest BCUT2D eigenvalue weighted by Gasteiger charge is 2.18. The third-order valence-electron chi connectivity index (χ3n) is 4.33. The van der Waals surface area contributed by atoms with E-state index in [1.807, 2.05) is 0 Å². The molecular formula is C16H35N3O3. The molecule has 1 saturated heterocycles. The van der Waals surface area contributed by atoms with Gasteiger partial charge >= 0.3 is 0 Å². The van der Waals surface area contributed by atoms with Crippen LogP contribution in [0, 0.1) is 5.92 Å². The van der Waals surface area contributed by atoms with Crippen molar-refractivity contribution in [2.45, 2.75) is 39.0 Å². The van der Waals surface area contributed by atoms with E-state index in [2.05, 4.69) is 36.0 Å². The van der Waals surface area contributed by atoms with Gasteiger partial charge in [0.1, 0.15) is 6.23 Å². The second-order valence-corrected chi connectivity index (χ2v) is 6.57. The molecule has 0 radical (unpaired) electrons. The average Bonchev–Trinajstić information content (AvgIpc) is 2.50. The van der Waals surface area contributed by atoms with Gasteiger partial charge in [-0.25, -0.2) is 0 Å². The summed E-state index contributed by atoms with van der Waals surface area (Å²) in [5.41, 5.74) is 0. The number of ether oxygens (including phenoxy) is 1. The van der Waals surface area contributed by atoms with Crippen molar-refractivity contribution in [1.29, 1.82) is 0 Å². The molecule has 0 bridgehead atoms. The lowest BCUT2D eigenvalue weighted by Gasteiger charge is -2.32.